The van der Waals surface area contributed by atoms with Crippen LogP contribution in [0.1, 0.15) is 42.4 Å². The molecule has 1 aromatic rings. The third-order valence-corrected chi connectivity index (χ3v) is 4.94. The van der Waals surface area contributed by atoms with Gasteiger partial charge in [-0.2, -0.15) is 13.2 Å². The molecule has 1 aliphatic rings. The number of hydrogen-bond acceptors (Lipinski definition) is 4. The molecule has 0 saturated carbocycles. The van der Waals surface area contributed by atoms with Crippen molar-refractivity contribution in [3.63, 3.8) is 0 Å². The normalized spacial score (nSPS) is 16.7. The standard InChI is InChI=1S/C19H25F3N2O4/c1-12-9-13(11-14(10-12)19(20,21)22)5-4-6-15(16(25)17(26)23-28)18(27)24-7-2-3-8-24/h9-11,15-16,25,28H,2-8H2,1H3,(H,23,26)/t15-,16+/m1/s1. The van der Waals surface area contributed by atoms with E-state index >= 15 is 0 Å². The van der Waals surface area contributed by atoms with E-state index in [0.29, 0.717) is 30.6 Å². The third kappa shape index (κ3) is 5.68. The van der Waals surface area contributed by atoms with Crippen LogP contribution in [0.25, 0.3) is 0 Å². The number of nitrogens with zero attached hydrogens (tertiary/aromatic N) is 1. The van der Waals surface area contributed by atoms with Gasteiger partial charge in [0.25, 0.3) is 5.91 Å². The smallest absolute Gasteiger partial charge is 0.382 e. The van der Waals surface area contributed by atoms with E-state index in [-0.39, 0.29) is 18.7 Å². The van der Waals surface area contributed by atoms with E-state index in [0.717, 1.165) is 25.0 Å². The minimum atomic E-state index is -4.44. The maximum absolute atomic E-state index is 13.0. The molecule has 3 N–H and O–H groups in total. The van der Waals surface area contributed by atoms with E-state index in [2.05, 4.69) is 0 Å². The number of hydrogen-bond donors (Lipinski definition) is 3. The summed E-state index contributed by atoms with van der Waals surface area (Å²) >= 11 is 0. The molecule has 9 heteroatoms. The molecule has 2 rings (SSSR count). The van der Waals surface area contributed by atoms with Gasteiger partial charge in [0.2, 0.25) is 5.91 Å². The van der Waals surface area contributed by atoms with Crippen LogP contribution < -0.4 is 5.48 Å². The van der Waals surface area contributed by atoms with Gasteiger partial charge in [-0.15, -0.1) is 0 Å². The van der Waals surface area contributed by atoms with Crippen molar-refractivity contribution in [3.8, 4) is 0 Å². The summed E-state index contributed by atoms with van der Waals surface area (Å²) in [5.41, 5.74) is 1.57. The number of aliphatic hydroxyl groups excluding tert-OH is 1. The van der Waals surface area contributed by atoms with Gasteiger partial charge in [0.1, 0.15) is 6.10 Å². The Balaban J connectivity index is 2.07. The Bertz CT molecular complexity index is 703. The molecule has 0 aromatic heterocycles. The summed E-state index contributed by atoms with van der Waals surface area (Å²) in [6, 6.07) is 3.78. The summed E-state index contributed by atoms with van der Waals surface area (Å²) in [6.07, 6.45) is -3.80. The Kier molecular flexibility index (Phi) is 7.42. The average molecular weight is 402 g/mol. The molecule has 0 unspecified atom stereocenters. The number of carbonyl (C=O) groups excluding carboxylic acids is 2. The fourth-order valence-corrected chi connectivity index (χ4v) is 3.53. The van der Waals surface area contributed by atoms with Crippen molar-refractivity contribution in [3.05, 3.63) is 34.9 Å². The van der Waals surface area contributed by atoms with E-state index < -0.39 is 29.7 Å². The molecule has 0 spiro atoms. The van der Waals surface area contributed by atoms with E-state index in [1.165, 1.54) is 5.48 Å². The first-order chi connectivity index (χ1) is 13.1. The minimum absolute atomic E-state index is 0.110. The molecular weight excluding hydrogens is 377 g/mol. The lowest BCUT2D eigenvalue weighted by molar-refractivity contribution is -0.150. The van der Waals surface area contributed by atoms with Crippen molar-refractivity contribution >= 4 is 11.8 Å². The monoisotopic (exact) mass is 402 g/mol. The van der Waals surface area contributed by atoms with Crippen LogP contribution in [0.15, 0.2) is 18.2 Å². The Morgan fingerprint density at radius 2 is 1.86 bits per heavy atom. The molecule has 2 atom stereocenters. The highest BCUT2D eigenvalue weighted by Crippen LogP contribution is 2.31. The van der Waals surface area contributed by atoms with Gasteiger partial charge in [-0.1, -0.05) is 11.6 Å². The molecule has 0 radical (unpaired) electrons. The van der Waals surface area contributed by atoms with Crippen LogP contribution in [-0.2, 0) is 22.2 Å². The molecule has 0 aliphatic carbocycles. The summed E-state index contributed by atoms with van der Waals surface area (Å²) < 4.78 is 38.9. The van der Waals surface area contributed by atoms with E-state index in [9.17, 15) is 27.9 Å². The fourth-order valence-electron chi connectivity index (χ4n) is 3.53. The van der Waals surface area contributed by atoms with Crippen molar-refractivity contribution in [1.29, 1.82) is 0 Å². The lowest BCUT2D eigenvalue weighted by Gasteiger charge is -2.26. The first-order valence-electron chi connectivity index (χ1n) is 9.22. The highest BCUT2D eigenvalue weighted by molar-refractivity contribution is 5.88. The third-order valence-electron chi connectivity index (χ3n) is 4.94. The van der Waals surface area contributed by atoms with Gasteiger partial charge in [0.15, 0.2) is 0 Å². The van der Waals surface area contributed by atoms with Crippen LogP contribution in [0.5, 0.6) is 0 Å². The van der Waals surface area contributed by atoms with Crippen LogP contribution in [0, 0.1) is 12.8 Å². The Morgan fingerprint density at radius 3 is 2.43 bits per heavy atom. The zero-order chi connectivity index (χ0) is 20.9. The highest BCUT2D eigenvalue weighted by atomic mass is 19.4. The van der Waals surface area contributed by atoms with E-state index in [1.807, 2.05) is 0 Å². The second-order valence-corrected chi connectivity index (χ2v) is 7.16. The molecule has 1 saturated heterocycles. The summed E-state index contributed by atoms with van der Waals surface area (Å²) in [5.74, 6) is -2.52. The molecule has 6 nitrogen and oxygen atoms in total. The number of aryl methyl sites for hydroxylation is 2. The minimum Gasteiger partial charge on any atom is -0.382 e. The second kappa shape index (κ2) is 9.38. The van der Waals surface area contributed by atoms with Gasteiger partial charge < -0.3 is 10.0 Å². The predicted molar refractivity (Wildman–Crippen MR) is 94.4 cm³/mol. The quantitative estimate of drug-likeness (QED) is 0.483. The van der Waals surface area contributed by atoms with Crippen molar-refractivity contribution in [2.45, 2.75) is 51.3 Å². The summed E-state index contributed by atoms with van der Waals surface area (Å²) in [5, 5.41) is 18.9. The van der Waals surface area contributed by atoms with Gasteiger partial charge in [-0.3, -0.25) is 14.8 Å². The lowest BCUT2D eigenvalue weighted by atomic mass is 9.92. The van der Waals surface area contributed by atoms with Gasteiger partial charge in [0, 0.05) is 13.1 Å². The molecule has 28 heavy (non-hydrogen) atoms. The van der Waals surface area contributed by atoms with E-state index in [4.69, 9.17) is 5.21 Å². The molecule has 2 amide bonds. The topological polar surface area (TPSA) is 89.9 Å². The Labute approximate surface area is 161 Å². The van der Waals surface area contributed by atoms with Crippen molar-refractivity contribution in [1.82, 2.24) is 10.4 Å². The second-order valence-electron chi connectivity index (χ2n) is 7.16. The van der Waals surface area contributed by atoms with Gasteiger partial charge >= 0.3 is 6.18 Å². The first kappa shape index (κ1) is 22.2. The number of hydroxylamine groups is 1. The number of aliphatic hydroxyl groups is 1. The van der Waals surface area contributed by atoms with Gasteiger partial charge in [0.05, 0.1) is 11.5 Å². The number of halogens is 3. The summed E-state index contributed by atoms with van der Waals surface area (Å²) in [6.45, 7) is 2.65. The Hall–Kier alpha value is -2.13. The summed E-state index contributed by atoms with van der Waals surface area (Å²) in [7, 11) is 0. The van der Waals surface area contributed by atoms with Crippen LogP contribution in [0.4, 0.5) is 13.2 Å². The number of likely N-dealkylation sites (tertiary alicyclic amines) is 1. The molecule has 1 fully saturated rings. The predicted octanol–water partition coefficient (Wildman–Crippen LogP) is 2.44. The molecule has 1 heterocycles. The zero-order valence-electron chi connectivity index (χ0n) is 15.6. The maximum Gasteiger partial charge on any atom is 0.416 e. The van der Waals surface area contributed by atoms with Gasteiger partial charge in [-0.05, 0) is 56.7 Å². The largest absolute Gasteiger partial charge is 0.416 e. The SMILES string of the molecule is Cc1cc(CCC[C@@H](C(=O)N2CCCC2)[C@H](O)C(=O)NO)cc(C(F)(F)F)c1. The maximum atomic E-state index is 13.0. The molecule has 156 valence electrons. The number of amides is 2. The van der Waals surface area contributed by atoms with Crippen LogP contribution in [0.2, 0.25) is 0 Å². The summed E-state index contributed by atoms with van der Waals surface area (Å²) in [4.78, 5) is 25.8. The lowest BCUT2D eigenvalue weighted by Crippen LogP contribution is -2.46. The van der Waals surface area contributed by atoms with Crippen molar-refractivity contribution in [2.75, 3.05) is 13.1 Å². The zero-order valence-corrected chi connectivity index (χ0v) is 15.6. The molecule has 1 aliphatic heterocycles. The molecular formula is C19H25F3N2O4. The number of alkyl halides is 3. The number of carbonyl (C=O) groups is 2. The first-order valence-corrected chi connectivity index (χ1v) is 9.22. The van der Waals surface area contributed by atoms with Crippen LogP contribution in [-0.4, -0.2) is 46.2 Å². The molecule has 0 bridgehead atoms. The van der Waals surface area contributed by atoms with Crippen LogP contribution >= 0.6 is 0 Å². The fraction of sp³-hybridized carbons (Fsp3) is 0.579. The average Bonchev–Trinajstić information content (AvgIpc) is 3.17. The van der Waals surface area contributed by atoms with Crippen molar-refractivity contribution in [2.24, 2.45) is 5.92 Å². The number of rotatable bonds is 7. The number of benzene rings is 1. The highest BCUT2D eigenvalue weighted by Gasteiger charge is 2.35. The van der Waals surface area contributed by atoms with Crippen molar-refractivity contribution < 1.29 is 33.1 Å². The number of nitrogens with one attached hydrogen (secondary N) is 1. The molecule has 1 aromatic carbocycles. The van der Waals surface area contributed by atoms with Gasteiger partial charge in [-0.25, -0.2) is 5.48 Å². The Morgan fingerprint density at radius 1 is 1.21 bits per heavy atom. The van der Waals surface area contributed by atoms with E-state index in [1.54, 1.807) is 17.9 Å². The van der Waals surface area contributed by atoms with Crippen LogP contribution in [0.3, 0.4) is 0 Å².